The number of carbonyl (C=O) groups excluding carboxylic acids is 1. The summed E-state index contributed by atoms with van der Waals surface area (Å²) in [7, 11) is 0. The summed E-state index contributed by atoms with van der Waals surface area (Å²) in [4.78, 5) is 19.4. The zero-order valence-electron chi connectivity index (χ0n) is 13.1. The van der Waals surface area contributed by atoms with Crippen molar-refractivity contribution in [2.75, 3.05) is 24.5 Å². The molecular weight excluding hydrogens is 276 g/mol. The molecular formula is C17H26N4O. The van der Waals surface area contributed by atoms with Gasteiger partial charge in [0.25, 0.3) is 5.91 Å². The van der Waals surface area contributed by atoms with E-state index < -0.39 is 0 Å². The summed E-state index contributed by atoms with van der Waals surface area (Å²) in [6.07, 6.45) is 8.70. The van der Waals surface area contributed by atoms with Crippen molar-refractivity contribution in [3.05, 3.63) is 23.9 Å². The highest BCUT2D eigenvalue weighted by molar-refractivity contribution is 5.99. The molecule has 0 spiro atoms. The Bertz CT molecular complexity index is 513. The molecule has 0 bridgehead atoms. The molecule has 1 saturated heterocycles. The molecule has 2 unspecified atom stereocenters. The smallest absolute Gasteiger partial charge is 0.255 e. The van der Waals surface area contributed by atoms with E-state index in [9.17, 15) is 4.79 Å². The van der Waals surface area contributed by atoms with Crippen molar-refractivity contribution in [3.63, 3.8) is 0 Å². The van der Waals surface area contributed by atoms with E-state index in [1.807, 2.05) is 12.1 Å². The van der Waals surface area contributed by atoms with Crippen LogP contribution in [0.5, 0.6) is 0 Å². The molecule has 1 aliphatic heterocycles. The molecule has 1 aromatic rings. The van der Waals surface area contributed by atoms with Crippen molar-refractivity contribution >= 4 is 11.7 Å². The highest BCUT2D eigenvalue weighted by Crippen LogP contribution is 2.26. The molecule has 2 fully saturated rings. The van der Waals surface area contributed by atoms with Crippen molar-refractivity contribution in [1.82, 2.24) is 10.3 Å². The Morgan fingerprint density at radius 3 is 2.86 bits per heavy atom. The van der Waals surface area contributed by atoms with Gasteiger partial charge >= 0.3 is 0 Å². The number of anilines is 1. The van der Waals surface area contributed by atoms with Gasteiger partial charge in [-0.05, 0) is 56.7 Å². The lowest BCUT2D eigenvalue weighted by Gasteiger charge is -2.29. The topological polar surface area (TPSA) is 71.2 Å². The zero-order chi connectivity index (χ0) is 15.4. The Hall–Kier alpha value is -1.62. The number of nitrogens with one attached hydrogen (secondary N) is 1. The van der Waals surface area contributed by atoms with Crippen molar-refractivity contribution < 1.29 is 4.79 Å². The lowest BCUT2D eigenvalue weighted by atomic mass is 10.0. The van der Waals surface area contributed by atoms with Gasteiger partial charge < -0.3 is 16.0 Å². The van der Waals surface area contributed by atoms with Crippen LogP contribution in [0, 0.1) is 5.92 Å². The van der Waals surface area contributed by atoms with Crippen molar-refractivity contribution in [1.29, 1.82) is 0 Å². The number of pyridine rings is 1. The van der Waals surface area contributed by atoms with Crippen LogP contribution in [0.1, 0.15) is 48.9 Å². The number of hydrogen-bond acceptors (Lipinski definition) is 4. The normalized spacial score (nSPS) is 25.2. The third kappa shape index (κ3) is 3.24. The third-order valence-corrected chi connectivity index (χ3v) is 4.97. The van der Waals surface area contributed by atoms with Crippen molar-refractivity contribution in [2.45, 2.75) is 44.6 Å². The minimum absolute atomic E-state index is 0.000904. The first-order valence-corrected chi connectivity index (χ1v) is 8.50. The van der Waals surface area contributed by atoms with Gasteiger partial charge in [-0.3, -0.25) is 4.79 Å². The summed E-state index contributed by atoms with van der Waals surface area (Å²) in [5, 5.41) is 3.19. The lowest BCUT2D eigenvalue weighted by molar-refractivity contribution is 0.0929. The van der Waals surface area contributed by atoms with Crippen molar-refractivity contribution in [2.24, 2.45) is 11.7 Å². The molecule has 1 aromatic heterocycles. The molecule has 22 heavy (non-hydrogen) atoms. The highest BCUT2D eigenvalue weighted by Gasteiger charge is 2.29. The maximum Gasteiger partial charge on any atom is 0.255 e. The van der Waals surface area contributed by atoms with Gasteiger partial charge in [0.2, 0.25) is 0 Å². The van der Waals surface area contributed by atoms with Crippen LogP contribution in [0.3, 0.4) is 0 Å². The van der Waals surface area contributed by atoms with Gasteiger partial charge in [0.15, 0.2) is 0 Å². The summed E-state index contributed by atoms with van der Waals surface area (Å²) in [6.45, 7) is 2.63. The number of piperidine rings is 1. The minimum atomic E-state index is -0.000904. The first kappa shape index (κ1) is 15.3. The van der Waals surface area contributed by atoms with E-state index in [0.717, 1.165) is 38.2 Å². The molecule has 0 radical (unpaired) electrons. The number of amides is 1. The summed E-state index contributed by atoms with van der Waals surface area (Å²) in [6, 6.07) is 3.95. The Kier molecular flexibility index (Phi) is 4.93. The number of nitrogens with zero attached hydrogens (tertiary/aromatic N) is 2. The highest BCUT2D eigenvalue weighted by atomic mass is 16.1. The fraction of sp³-hybridized carbons (Fsp3) is 0.647. The molecule has 120 valence electrons. The second-order valence-electron chi connectivity index (χ2n) is 6.43. The van der Waals surface area contributed by atoms with Gasteiger partial charge in [0.05, 0.1) is 5.56 Å². The minimum Gasteiger partial charge on any atom is -0.356 e. The van der Waals surface area contributed by atoms with Gasteiger partial charge in [0, 0.05) is 25.3 Å². The molecule has 2 aliphatic rings. The number of carbonyl (C=O) groups is 1. The summed E-state index contributed by atoms with van der Waals surface area (Å²) in [5.41, 5.74) is 6.51. The van der Waals surface area contributed by atoms with E-state index in [2.05, 4.69) is 15.2 Å². The molecule has 2 heterocycles. The average Bonchev–Trinajstić information content (AvgIpc) is 3.03. The molecule has 1 saturated carbocycles. The lowest BCUT2D eigenvalue weighted by Crippen LogP contribution is -2.41. The van der Waals surface area contributed by atoms with Crippen LogP contribution in [0.25, 0.3) is 0 Å². The first-order valence-electron chi connectivity index (χ1n) is 8.50. The quantitative estimate of drug-likeness (QED) is 0.891. The third-order valence-electron chi connectivity index (χ3n) is 4.97. The molecule has 1 amide bonds. The van der Waals surface area contributed by atoms with E-state index >= 15 is 0 Å². The summed E-state index contributed by atoms with van der Waals surface area (Å²) >= 11 is 0. The Labute approximate surface area is 132 Å². The molecule has 5 heteroatoms. The van der Waals surface area contributed by atoms with Crippen LogP contribution in [0.4, 0.5) is 5.82 Å². The maximum absolute atomic E-state index is 12.7. The van der Waals surface area contributed by atoms with Gasteiger partial charge in [-0.15, -0.1) is 0 Å². The maximum atomic E-state index is 12.7. The number of rotatable bonds is 4. The van der Waals surface area contributed by atoms with Gasteiger partial charge in [-0.2, -0.15) is 0 Å². The molecule has 3 N–H and O–H groups in total. The number of nitrogens with two attached hydrogens (primary N) is 1. The fourth-order valence-corrected chi connectivity index (χ4v) is 3.69. The molecule has 0 aromatic carbocycles. The predicted molar refractivity (Wildman–Crippen MR) is 88.0 cm³/mol. The van der Waals surface area contributed by atoms with E-state index in [1.54, 1.807) is 6.20 Å². The second kappa shape index (κ2) is 7.09. The SMILES string of the molecule is NCC1CCCC1NC(=O)c1cccnc1N1CCCCC1. The van der Waals surface area contributed by atoms with Crippen LogP contribution in [-0.4, -0.2) is 36.6 Å². The van der Waals surface area contributed by atoms with Gasteiger partial charge in [-0.1, -0.05) is 6.42 Å². The standard InChI is InChI=1S/C17H26N4O/c18-12-13-6-4-8-15(13)20-17(22)14-7-5-9-19-16(14)21-10-2-1-3-11-21/h5,7,9,13,15H,1-4,6,8,10-12,18H2,(H,20,22). The zero-order valence-corrected chi connectivity index (χ0v) is 13.1. The molecule has 3 rings (SSSR count). The molecule has 5 nitrogen and oxygen atoms in total. The fourth-order valence-electron chi connectivity index (χ4n) is 3.69. The van der Waals surface area contributed by atoms with Crippen LogP contribution >= 0.6 is 0 Å². The predicted octanol–water partition coefficient (Wildman–Crippen LogP) is 1.93. The van der Waals surface area contributed by atoms with Crippen molar-refractivity contribution in [3.8, 4) is 0 Å². The van der Waals surface area contributed by atoms with E-state index in [0.29, 0.717) is 18.0 Å². The molecule has 1 aliphatic carbocycles. The van der Waals surface area contributed by atoms with Crippen LogP contribution in [-0.2, 0) is 0 Å². The molecule has 2 atom stereocenters. The monoisotopic (exact) mass is 302 g/mol. The number of hydrogen-bond donors (Lipinski definition) is 2. The Balaban J connectivity index is 1.74. The Morgan fingerprint density at radius 2 is 2.09 bits per heavy atom. The van der Waals surface area contributed by atoms with Gasteiger partial charge in [-0.25, -0.2) is 4.98 Å². The van der Waals surface area contributed by atoms with E-state index in [-0.39, 0.29) is 11.9 Å². The summed E-state index contributed by atoms with van der Waals surface area (Å²) in [5.74, 6) is 1.25. The Morgan fingerprint density at radius 1 is 1.27 bits per heavy atom. The van der Waals surface area contributed by atoms with Gasteiger partial charge in [0.1, 0.15) is 5.82 Å². The second-order valence-corrected chi connectivity index (χ2v) is 6.43. The van der Waals surface area contributed by atoms with E-state index in [1.165, 1.54) is 19.3 Å². The van der Waals surface area contributed by atoms with Crippen LogP contribution in [0.15, 0.2) is 18.3 Å². The average molecular weight is 302 g/mol. The number of aromatic nitrogens is 1. The van der Waals surface area contributed by atoms with Crippen LogP contribution in [0.2, 0.25) is 0 Å². The largest absolute Gasteiger partial charge is 0.356 e. The first-order chi connectivity index (χ1) is 10.8. The summed E-state index contributed by atoms with van der Waals surface area (Å²) < 4.78 is 0. The van der Waals surface area contributed by atoms with Crippen LogP contribution < -0.4 is 16.0 Å². The van der Waals surface area contributed by atoms with E-state index in [4.69, 9.17) is 5.73 Å².